The lowest BCUT2D eigenvalue weighted by Crippen LogP contribution is -2.51. The van der Waals surface area contributed by atoms with Gasteiger partial charge in [-0.2, -0.15) is 26.3 Å². The van der Waals surface area contributed by atoms with Crippen molar-refractivity contribution in [2.24, 2.45) is 21.7 Å². The average molecular weight is 973 g/mol. The number of benzene rings is 2. The largest absolute Gasteiger partial charge is 0.459 e. The molecule has 0 aromatic heterocycles. The highest BCUT2D eigenvalue weighted by Crippen LogP contribution is 2.67. The monoisotopic (exact) mass is 972 g/mol. The number of halogens is 7. The number of aliphatic hydroxyl groups excluding tert-OH is 1. The minimum Gasteiger partial charge on any atom is -0.459 e. The number of hydrogen-bond acceptors (Lipinski definition) is 12. The Morgan fingerprint density at radius 3 is 1.37 bits per heavy atom. The number of ether oxygens (including phenoxy) is 3. The van der Waals surface area contributed by atoms with Gasteiger partial charge in [-0.1, -0.05) is 39.8 Å². The highest BCUT2D eigenvalue weighted by molar-refractivity contribution is 6.65. The standard InChI is InChI=1S/C22H23F3N2O6.C12H11F3N2O3.C10H13ClO3/c1-18(2)19(3)8-9-21(18,33-16(19)29)17(30)32-11-20(4,31)15(28)27-12-6-7-14(26-5)13(10-12)22(23,24)25;1-11(20,6-18)10(19)17-7-3-4-9(16-2)8(5-7)12(13,14)15;1-8(2)9(3)4-5-10(8,6(11)12)14-7(9)13/h6-7,10,31H,8-9,11H2,1-4H3,(H,27,28);3-5,18,20H,6H2,1H3,(H,17,19);4-5H2,1-3H3. The molecule has 6 rings (SSSR count). The first kappa shape index (κ1) is 53.8. The van der Waals surface area contributed by atoms with Crippen molar-refractivity contribution in [1.82, 2.24) is 0 Å². The van der Waals surface area contributed by atoms with Crippen LogP contribution in [0.15, 0.2) is 36.4 Å². The maximum atomic E-state index is 13.1. The molecule has 2 saturated carbocycles. The van der Waals surface area contributed by atoms with Gasteiger partial charge in [0.1, 0.15) is 6.61 Å². The Morgan fingerprint density at radius 2 is 1.07 bits per heavy atom. The molecule has 67 heavy (non-hydrogen) atoms. The molecule has 2 aliphatic carbocycles. The van der Waals surface area contributed by atoms with E-state index in [-0.39, 0.29) is 23.8 Å². The molecule has 6 atom stereocenters. The van der Waals surface area contributed by atoms with Crippen LogP contribution in [0.2, 0.25) is 0 Å². The quantitative estimate of drug-likeness (QED) is 0.0545. The second-order valence-corrected chi connectivity index (χ2v) is 18.8. The number of esters is 3. The number of rotatable bonds is 9. The number of carbonyl (C=O) groups is 6. The topological polar surface area (TPSA) is 224 Å². The van der Waals surface area contributed by atoms with Gasteiger partial charge in [0.25, 0.3) is 17.1 Å². The van der Waals surface area contributed by atoms with Crippen molar-refractivity contribution in [3.63, 3.8) is 0 Å². The Hall–Kier alpha value is -5.81. The zero-order valence-corrected chi connectivity index (χ0v) is 38.0. The van der Waals surface area contributed by atoms with Crippen molar-refractivity contribution in [2.75, 3.05) is 23.8 Å². The minimum absolute atomic E-state index is 0.225. The number of fused-ring (bicyclic) bond motifs is 4. The average Bonchev–Trinajstić information content (AvgIpc) is 3.70. The lowest BCUT2D eigenvalue weighted by atomic mass is 9.66. The first-order chi connectivity index (χ1) is 30.4. The summed E-state index contributed by atoms with van der Waals surface area (Å²) in [5.41, 5.74) is -14.1. The number of aliphatic hydroxyl groups is 3. The van der Waals surface area contributed by atoms with Gasteiger partial charge >= 0.3 is 30.3 Å². The summed E-state index contributed by atoms with van der Waals surface area (Å²) in [7, 11) is 0. The Kier molecular flexibility index (Phi) is 14.2. The van der Waals surface area contributed by atoms with E-state index in [2.05, 4.69) is 15.0 Å². The molecular weight excluding hydrogens is 926 g/mol. The molecule has 2 heterocycles. The van der Waals surface area contributed by atoms with Gasteiger partial charge in [-0.05, 0) is 89.2 Å². The van der Waals surface area contributed by atoms with Crippen LogP contribution in [0.25, 0.3) is 9.69 Å². The van der Waals surface area contributed by atoms with Gasteiger partial charge in [-0.25, -0.2) is 14.5 Å². The molecule has 4 fully saturated rings. The van der Waals surface area contributed by atoms with E-state index in [4.69, 9.17) is 44.1 Å². The number of carbonyl (C=O) groups excluding carboxylic acids is 6. The minimum atomic E-state index is -4.82. The van der Waals surface area contributed by atoms with Gasteiger partial charge in [0.2, 0.25) is 5.60 Å². The lowest BCUT2D eigenvalue weighted by molar-refractivity contribution is -0.187. The summed E-state index contributed by atoms with van der Waals surface area (Å²) in [6.45, 7) is 24.6. The molecule has 364 valence electrons. The molecule has 23 heteroatoms. The number of amides is 2. The molecule has 5 N–H and O–H groups in total. The van der Waals surface area contributed by atoms with Crippen molar-refractivity contribution in [2.45, 2.75) is 116 Å². The van der Waals surface area contributed by atoms with Crippen molar-refractivity contribution in [1.29, 1.82) is 0 Å². The van der Waals surface area contributed by atoms with E-state index in [1.165, 1.54) is 0 Å². The van der Waals surface area contributed by atoms with Crippen molar-refractivity contribution >= 4 is 69.3 Å². The van der Waals surface area contributed by atoms with Crippen LogP contribution in [0.5, 0.6) is 0 Å². The smallest absolute Gasteiger partial charge is 0.407 e. The van der Waals surface area contributed by atoms with E-state index >= 15 is 0 Å². The third-order valence-electron chi connectivity index (χ3n) is 13.9. The fraction of sp³-hybridized carbons (Fsp3) is 0.545. The predicted molar refractivity (Wildman–Crippen MR) is 223 cm³/mol. The summed E-state index contributed by atoms with van der Waals surface area (Å²) in [5.74, 6) is -3.90. The maximum absolute atomic E-state index is 13.1. The molecular formula is C44H47ClF6N4O12. The fourth-order valence-corrected chi connectivity index (χ4v) is 8.63. The van der Waals surface area contributed by atoms with E-state index in [1.807, 2.05) is 26.1 Å². The van der Waals surface area contributed by atoms with E-state index < -0.39 is 121 Å². The van der Waals surface area contributed by atoms with Gasteiger partial charge in [-0.15, -0.1) is 0 Å². The number of hydrogen-bond donors (Lipinski definition) is 5. The Labute approximate surface area is 384 Å². The predicted octanol–water partition coefficient (Wildman–Crippen LogP) is 7.42. The molecule has 2 amide bonds. The van der Waals surface area contributed by atoms with E-state index in [0.29, 0.717) is 31.4 Å². The lowest BCUT2D eigenvalue weighted by Gasteiger charge is -2.35. The molecule has 4 aliphatic rings. The Morgan fingerprint density at radius 1 is 0.701 bits per heavy atom. The number of nitrogens with zero attached hydrogens (tertiary/aromatic N) is 2. The van der Waals surface area contributed by atoms with Crippen LogP contribution in [0.1, 0.15) is 92.2 Å². The van der Waals surface area contributed by atoms with Crippen LogP contribution in [-0.2, 0) is 55.3 Å². The van der Waals surface area contributed by atoms with Gasteiger partial charge in [-0.3, -0.25) is 24.0 Å². The summed E-state index contributed by atoms with van der Waals surface area (Å²) in [6, 6.07) is 5.17. The first-order valence-electron chi connectivity index (χ1n) is 20.1. The number of nitrogens with one attached hydrogen (secondary N) is 2. The molecule has 2 aromatic rings. The fourth-order valence-electron chi connectivity index (χ4n) is 8.26. The highest BCUT2D eigenvalue weighted by atomic mass is 35.5. The zero-order chi connectivity index (χ0) is 51.4. The Bertz CT molecular complexity index is 2480. The number of anilines is 2. The Balaban J connectivity index is 0.000000243. The van der Waals surface area contributed by atoms with Crippen LogP contribution < -0.4 is 10.6 Å². The summed E-state index contributed by atoms with van der Waals surface area (Å²) >= 11 is 5.56. The first-order valence-corrected chi connectivity index (χ1v) is 20.5. The van der Waals surface area contributed by atoms with Crippen LogP contribution in [0.3, 0.4) is 0 Å². The van der Waals surface area contributed by atoms with Gasteiger partial charge in [0.15, 0.2) is 28.2 Å². The van der Waals surface area contributed by atoms with Crippen LogP contribution in [0.4, 0.5) is 49.1 Å². The van der Waals surface area contributed by atoms with E-state index in [0.717, 1.165) is 38.1 Å². The SMILES string of the molecule is CC12CCC(C(=O)Cl)(OC1=O)C2(C)C.[C-]#[N+]c1ccc(NC(=O)C(C)(O)CO)cc1C(F)(F)F.[C-]#[N+]c1ccc(NC(=O)C(C)(O)COC(=O)C23CCC(C)(C(=O)O2)C3(C)C)cc1C(F)(F)F. The normalized spacial score (nSPS) is 26.9. The number of alkyl halides is 6. The van der Waals surface area contributed by atoms with Crippen LogP contribution in [0, 0.1) is 34.8 Å². The second kappa shape index (κ2) is 17.7. The third-order valence-corrected chi connectivity index (χ3v) is 14.3. The van der Waals surface area contributed by atoms with Crippen molar-refractivity contribution < 1.29 is 84.6 Å². The molecule has 16 nitrogen and oxygen atoms in total. The molecule has 0 radical (unpaired) electrons. The van der Waals surface area contributed by atoms with Gasteiger partial charge in [0.05, 0.1) is 41.7 Å². The van der Waals surface area contributed by atoms with Crippen LogP contribution in [-0.4, -0.2) is 85.9 Å². The molecule has 0 spiro atoms. The summed E-state index contributed by atoms with van der Waals surface area (Å²) in [6.07, 6.45) is -7.70. The molecule has 6 unspecified atom stereocenters. The van der Waals surface area contributed by atoms with E-state index in [1.54, 1.807) is 20.8 Å². The van der Waals surface area contributed by atoms with Crippen molar-refractivity contribution in [3.8, 4) is 0 Å². The van der Waals surface area contributed by atoms with E-state index in [9.17, 15) is 65.3 Å². The molecule has 2 saturated heterocycles. The highest BCUT2D eigenvalue weighted by Gasteiger charge is 2.77. The molecule has 2 aliphatic heterocycles. The summed E-state index contributed by atoms with van der Waals surface area (Å²) in [4.78, 5) is 77.8. The molecule has 4 bridgehead atoms. The van der Waals surface area contributed by atoms with Gasteiger partial charge in [0, 0.05) is 22.2 Å². The molecule has 2 aromatic carbocycles. The zero-order valence-electron chi connectivity index (χ0n) is 37.3. The second-order valence-electron chi connectivity index (χ2n) is 18.5. The van der Waals surface area contributed by atoms with Gasteiger partial charge < -0.3 is 40.2 Å². The summed E-state index contributed by atoms with van der Waals surface area (Å²) in [5, 5.41) is 32.4. The third kappa shape index (κ3) is 9.16. The summed E-state index contributed by atoms with van der Waals surface area (Å²) < 4.78 is 93.3. The van der Waals surface area contributed by atoms with Crippen LogP contribution >= 0.6 is 11.6 Å². The maximum Gasteiger partial charge on any atom is 0.407 e. The van der Waals surface area contributed by atoms with Crippen molar-refractivity contribution in [3.05, 3.63) is 70.4 Å².